The van der Waals surface area contributed by atoms with Crippen LogP contribution in [0.4, 0.5) is 0 Å². The van der Waals surface area contributed by atoms with Crippen LogP contribution in [0.5, 0.6) is 0 Å². The fourth-order valence-electron chi connectivity index (χ4n) is 3.49. The van der Waals surface area contributed by atoms with Crippen LogP contribution in [0.2, 0.25) is 0 Å². The van der Waals surface area contributed by atoms with Gasteiger partial charge < -0.3 is 43.7 Å². The molecular weight excluding hydrogens is 478 g/mol. The van der Waals surface area contributed by atoms with Crippen molar-refractivity contribution in [3.8, 4) is 0 Å². The Morgan fingerprint density at radius 1 is 1.11 bits per heavy atom. The highest BCUT2D eigenvalue weighted by Crippen LogP contribution is 2.26. The van der Waals surface area contributed by atoms with E-state index in [9.17, 15) is 15.3 Å². The highest BCUT2D eigenvalue weighted by Gasteiger charge is 2.45. The first-order chi connectivity index (χ1) is 17.5. The Kier molecular flexibility index (Phi) is 15.5. The van der Waals surface area contributed by atoms with Gasteiger partial charge in [-0.2, -0.15) is 0 Å². The summed E-state index contributed by atoms with van der Waals surface area (Å²) in [4.78, 5) is 0. The number of hydrazine groups is 1. The van der Waals surface area contributed by atoms with Gasteiger partial charge in [0.25, 0.3) is 0 Å². The van der Waals surface area contributed by atoms with Crippen LogP contribution < -0.4 is 11.3 Å². The summed E-state index contributed by atoms with van der Waals surface area (Å²) in [6.45, 7) is 6.91. The lowest BCUT2D eigenvalue weighted by Crippen LogP contribution is -2.60. The molecule has 1 fully saturated rings. The average Bonchev–Trinajstić information content (AvgIpc) is 3.32. The maximum Gasteiger partial charge on any atom is 0.142 e. The maximum atomic E-state index is 10.1. The number of hydrogen-bond acceptors (Lipinski definition) is 13. The molecule has 0 amide bonds. The van der Waals surface area contributed by atoms with Crippen molar-refractivity contribution in [2.75, 3.05) is 79.2 Å². The minimum absolute atomic E-state index is 0.0327. The molecule has 0 aromatic carbocycles. The summed E-state index contributed by atoms with van der Waals surface area (Å²) in [5.41, 5.74) is 2.09. The lowest BCUT2D eigenvalue weighted by atomic mass is 9.90. The molecule has 2 heterocycles. The molecule has 0 radical (unpaired) electrons. The van der Waals surface area contributed by atoms with Crippen LogP contribution in [0.15, 0.2) is 6.20 Å². The highest BCUT2D eigenvalue weighted by molar-refractivity contribution is 4.95. The number of aromatic nitrogens is 3. The van der Waals surface area contributed by atoms with Crippen molar-refractivity contribution < 1.29 is 43.7 Å². The molecular formula is C22H43N5O9. The Hall–Kier alpha value is -1.30. The number of hydrogen-bond donors (Lipinski definition) is 5. The Morgan fingerprint density at radius 2 is 1.78 bits per heavy atom. The van der Waals surface area contributed by atoms with E-state index in [1.807, 2.05) is 13.1 Å². The van der Waals surface area contributed by atoms with Gasteiger partial charge in [-0.05, 0) is 12.3 Å². The quantitative estimate of drug-likeness (QED) is 0.0669. The van der Waals surface area contributed by atoms with Crippen LogP contribution in [-0.4, -0.2) is 127 Å². The second-order valence-electron chi connectivity index (χ2n) is 8.76. The first-order valence-electron chi connectivity index (χ1n) is 12.3. The normalized spacial score (nSPS) is 23.2. The van der Waals surface area contributed by atoms with Gasteiger partial charge in [0.15, 0.2) is 0 Å². The van der Waals surface area contributed by atoms with E-state index < -0.39 is 24.4 Å². The Labute approximate surface area is 211 Å². The fraction of sp³-hybridized carbons (Fsp3) is 0.909. The third-order valence-electron chi connectivity index (χ3n) is 5.61. The minimum atomic E-state index is -1.30. The van der Waals surface area contributed by atoms with Crippen LogP contribution in [0.3, 0.4) is 0 Å². The largest absolute Gasteiger partial charge is 0.393 e. The molecule has 0 saturated carbocycles. The molecule has 6 N–H and O–H groups in total. The lowest BCUT2D eigenvalue weighted by Gasteiger charge is -2.42. The summed E-state index contributed by atoms with van der Waals surface area (Å²) in [6, 6.07) is 0. The van der Waals surface area contributed by atoms with E-state index >= 15 is 0 Å². The van der Waals surface area contributed by atoms with Gasteiger partial charge in [-0.15, -0.1) is 5.10 Å². The number of aliphatic hydroxyl groups excluding tert-OH is 3. The number of aliphatic hydroxyl groups is 3. The molecule has 4 atom stereocenters. The predicted molar refractivity (Wildman–Crippen MR) is 127 cm³/mol. The van der Waals surface area contributed by atoms with Crippen molar-refractivity contribution in [3.05, 3.63) is 11.9 Å². The number of nitrogens with two attached hydrogens (primary N) is 1. The summed E-state index contributed by atoms with van der Waals surface area (Å²) in [5.74, 6) is 5.61. The average molecular weight is 522 g/mol. The topological polar surface area (TPSA) is 185 Å². The van der Waals surface area contributed by atoms with E-state index in [2.05, 4.69) is 15.7 Å². The van der Waals surface area contributed by atoms with Gasteiger partial charge in [0.05, 0.1) is 98.1 Å². The van der Waals surface area contributed by atoms with E-state index in [-0.39, 0.29) is 19.8 Å². The Morgan fingerprint density at radius 3 is 2.44 bits per heavy atom. The predicted octanol–water partition coefficient (Wildman–Crippen LogP) is -2.17. The lowest BCUT2D eigenvalue weighted by molar-refractivity contribution is -0.232. The van der Waals surface area contributed by atoms with E-state index in [1.54, 1.807) is 4.68 Å². The fourth-order valence-corrected chi connectivity index (χ4v) is 3.49. The summed E-state index contributed by atoms with van der Waals surface area (Å²) in [5, 5.41) is 37.6. The number of nitrogens with zero attached hydrogens (tertiary/aromatic N) is 3. The monoisotopic (exact) mass is 521 g/mol. The summed E-state index contributed by atoms with van der Waals surface area (Å²) in [6.07, 6.45) is 0.0278. The molecule has 0 aliphatic carbocycles. The SMILES string of the molecule is CC(CNN)COCc1cn(CCOCCOCCOCCOC[C@@]2(CO)OCC[C@@H](O)[C@H]2O)nn1. The van der Waals surface area contributed by atoms with Crippen molar-refractivity contribution in [2.24, 2.45) is 11.8 Å². The van der Waals surface area contributed by atoms with Crippen molar-refractivity contribution in [1.82, 2.24) is 20.4 Å². The van der Waals surface area contributed by atoms with Crippen LogP contribution >= 0.6 is 0 Å². The number of rotatable bonds is 21. The highest BCUT2D eigenvalue weighted by atomic mass is 16.6. The zero-order valence-corrected chi connectivity index (χ0v) is 21.1. The van der Waals surface area contributed by atoms with E-state index in [1.165, 1.54) is 0 Å². The zero-order valence-electron chi connectivity index (χ0n) is 21.1. The third-order valence-corrected chi connectivity index (χ3v) is 5.61. The van der Waals surface area contributed by atoms with Gasteiger partial charge in [-0.25, -0.2) is 4.68 Å². The van der Waals surface area contributed by atoms with Crippen molar-refractivity contribution in [1.29, 1.82) is 0 Å². The Bertz CT molecular complexity index is 686. The minimum Gasteiger partial charge on any atom is -0.393 e. The molecule has 36 heavy (non-hydrogen) atoms. The molecule has 0 bridgehead atoms. The van der Waals surface area contributed by atoms with Crippen LogP contribution in [0.1, 0.15) is 19.0 Å². The van der Waals surface area contributed by atoms with Gasteiger partial charge in [0, 0.05) is 6.54 Å². The van der Waals surface area contributed by atoms with Gasteiger partial charge in [0.2, 0.25) is 0 Å². The van der Waals surface area contributed by atoms with Crippen molar-refractivity contribution in [3.63, 3.8) is 0 Å². The molecule has 1 aromatic heterocycles. The maximum absolute atomic E-state index is 10.1. The van der Waals surface area contributed by atoms with E-state index in [0.717, 1.165) is 5.69 Å². The van der Waals surface area contributed by atoms with E-state index in [0.29, 0.717) is 78.3 Å². The van der Waals surface area contributed by atoms with Crippen molar-refractivity contribution in [2.45, 2.75) is 44.3 Å². The smallest absolute Gasteiger partial charge is 0.142 e. The molecule has 2 rings (SSSR count). The van der Waals surface area contributed by atoms with Crippen LogP contribution in [0.25, 0.3) is 0 Å². The van der Waals surface area contributed by atoms with Gasteiger partial charge >= 0.3 is 0 Å². The molecule has 14 heteroatoms. The summed E-state index contributed by atoms with van der Waals surface area (Å²) >= 11 is 0. The third kappa shape index (κ3) is 11.4. The summed E-state index contributed by atoms with van der Waals surface area (Å²) < 4.78 is 34.7. The molecule has 14 nitrogen and oxygen atoms in total. The zero-order chi connectivity index (χ0) is 26.1. The van der Waals surface area contributed by atoms with Crippen LogP contribution in [0, 0.1) is 5.92 Å². The molecule has 210 valence electrons. The van der Waals surface area contributed by atoms with Crippen LogP contribution in [-0.2, 0) is 41.6 Å². The summed E-state index contributed by atoms with van der Waals surface area (Å²) in [7, 11) is 0. The Balaban J connectivity index is 1.38. The molecule has 1 saturated heterocycles. The molecule has 1 aliphatic heterocycles. The van der Waals surface area contributed by atoms with E-state index in [4.69, 9.17) is 34.3 Å². The van der Waals surface area contributed by atoms with Crippen molar-refractivity contribution >= 4 is 0 Å². The molecule has 0 spiro atoms. The molecule has 1 aromatic rings. The standard InChI is InChI=1S/C22H43N5O9/c1-18(12-24-23)14-35-15-19-13-27(26-25-19)3-5-31-6-7-32-8-9-33-10-11-34-17-22(16-28)21(30)20(29)2-4-36-22/h13,18,20-21,24,28-30H,2-12,14-17,23H2,1H3/t18?,20-,21-,22-/m1/s1. The van der Waals surface area contributed by atoms with Gasteiger partial charge in [0.1, 0.15) is 17.4 Å². The number of nitrogens with one attached hydrogen (secondary N) is 1. The second-order valence-corrected chi connectivity index (χ2v) is 8.76. The number of ether oxygens (including phenoxy) is 6. The van der Waals surface area contributed by atoms with Gasteiger partial charge in [-0.3, -0.25) is 11.3 Å². The first-order valence-corrected chi connectivity index (χ1v) is 12.3. The first kappa shape index (κ1) is 30.9. The second kappa shape index (κ2) is 18.0. The molecule has 1 unspecified atom stereocenters. The van der Waals surface area contributed by atoms with Gasteiger partial charge in [-0.1, -0.05) is 12.1 Å². The molecule has 1 aliphatic rings.